The SMILES string of the molecule is Cc1ccc(C(=O)Nc2cc(N3CCC(N4CCCCC4)C3)cc(C(F)(F)F)c2)cc1-n1cc(-c2cnn(C)c2C)nn1. The summed E-state index contributed by atoms with van der Waals surface area (Å²) >= 11 is 0. The predicted octanol–water partition coefficient (Wildman–Crippen LogP) is 5.62. The lowest BCUT2D eigenvalue weighted by molar-refractivity contribution is -0.137. The lowest BCUT2D eigenvalue weighted by Gasteiger charge is -2.32. The fourth-order valence-corrected chi connectivity index (χ4v) is 6.04. The molecule has 0 radical (unpaired) electrons. The molecular weight excluding hydrogens is 557 g/mol. The van der Waals surface area contributed by atoms with Crippen molar-refractivity contribution in [2.75, 3.05) is 36.4 Å². The van der Waals surface area contributed by atoms with Gasteiger partial charge in [-0.05, 0) is 82.1 Å². The Hall–Kier alpha value is -4.19. The Morgan fingerprint density at radius 1 is 1.02 bits per heavy atom. The first-order valence-electron chi connectivity index (χ1n) is 14.6. The number of benzene rings is 2. The van der Waals surface area contributed by atoms with Crippen molar-refractivity contribution in [2.45, 2.75) is 51.7 Å². The first-order valence-corrected chi connectivity index (χ1v) is 14.6. The number of aryl methyl sites for hydroxylation is 2. The van der Waals surface area contributed by atoms with Crippen molar-refractivity contribution in [3.8, 4) is 16.9 Å². The van der Waals surface area contributed by atoms with Crippen molar-refractivity contribution < 1.29 is 18.0 Å². The molecule has 1 atom stereocenters. The number of rotatable bonds is 6. The van der Waals surface area contributed by atoms with E-state index in [1.807, 2.05) is 25.8 Å². The number of aromatic nitrogens is 5. The number of anilines is 2. The molecule has 43 heavy (non-hydrogen) atoms. The quantitative estimate of drug-likeness (QED) is 0.313. The summed E-state index contributed by atoms with van der Waals surface area (Å²) in [6.07, 6.45) is 3.42. The largest absolute Gasteiger partial charge is 0.416 e. The van der Waals surface area contributed by atoms with E-state index in [1.54, 1.807) is 46.0 Å². The molecule has 0 aliphatic carbocycles. The third-order valence-electron chi connectivity index (χ3n) is 8.66. The van der Waals surface area contributed by atoms with Gasteiger partial charge in [0.25, 0.3) is 5.91 Å². The predicted molar refractivity (Wildman–Crippen MR) is 158 cm³/mol. The molecule has 226 valence electrons. The zero-order valence-corrected chi connectivity index (χ0v) is 24.5. The van der Waals surface area contributed by atoms with E-state index in [4.69, 9.17) is 0 Å². The van der Waals surface area contributed by atoms with E-state index in [-0.39, 0.29) is 5.69 Å². The van der Waals surface area contributed by atoms with Crippen molar-refractivity contribution in [1.82, 2.24) is 29.7 Å². The van der Waals surface area contributed by atoms with Gasteiger partial charge in [-0.2, -0.15) is 18.3 Å². The molecule has 4 aromatic rings. The molecule has 0 bridgehead atoms. The smallest absolute Gasteiger partial charge is 0.370 e. The van der Waals surface area contributed by atoms with Gasteiger partial charge in [0, 0.05) is 54.4 Å². The molecule has 0 spiro atoms. The summed E-state index contributed by atoms with van der Waals surface area (Å²) in [5.41, 5.74) is 4.00. The molecule has 1 N–H and O–H groups in total. The topological polar surface area (TPSA) is 84.1 Å². The van der Waals surface area contributed by atoms with Gasteiger partial charge in [0.1, 0.15) is 5.69 Å². The lowest BCUT2D eigenvalue weighted by Crippen LogP contribution is -2.40. The zero-order chi connectivity index (χ0) is 30.3. The molecule has 12 heteroatoms. The molecule has 6 rings (SSSR count). The van der Waals surface area contributed by atoms with Gasteiger partial charge >= 0.3 is 6.18 Å². The Labute approximate surface area is 248 Å². The average Bonchev–Trinajstić information content (AvgIpc) is 3.74. The molecule has 1 amide bonds. The first-order chi connectivity index (χ1) is 20.6. The van der Waals surface area contributed by atoms with Crippen molar-refractivity contribution in [1.29, 1.82) is 0 Å². The molecule has 2 aromatic carbocycles. The van der Waals surface area contributed by atoms with Crippen LogP contribution in [-0.4, -0.2) is 67.8 Å². The maximum Gasteiger partial charge on any atom is 0.416 e. The van der Waals surface area contributed by atoms with Crippen molar-refractivity contribution in [2.24, 2.45) is 7.05 Å². The molecule has 0 saturated carbocycles. The highest BCUT2D eigenvalue weighted by Crippen LogP contribution is 2.36. The summed E-state index contributed by atoms with van der Waals surface area (Å²) in [5, 5.41) is 15.5. The Bertz CT molecular complexity index is 1640. The summed E-state index contributed by atoms with van der Waals surface area (Å²) in [4.78, 5) is 17.8. The Balaban J connectivity index is 1.24. The van der Waals surface area contributed by atoms with Gasteiger partial charge in [-0.15, -0.1) is 5.10 Å². The van der Waals surface area contributed by atoms with Crippen LogP contribution < -0.4 is 10.2 Å². The molecule has 2 aliphatic rings. The summed E-state index contributed by atoms with van der Waals surface area (Å²) in [5.74, 6) is -0.511. The summed E-state index contributed by atoms with van der Waals surface area (Å²) in [6.45, 7) is 7.26. The highest BCUT2D eigenvalue weighted by atomic mass is 19.4. The number of hydrogen-bond acceptors (Lipinski definition) is 6. The van der Waals surface area contributed by atoms with Crippen LogP contribution >= 0.6 is 0 Å². The van der Waals surface area contributed by atoms with Gasteiger partial charge in [0.2, 0.25) is 0 Å². The second-order valence-corrected chi connectivity index (χ2v) is 11.5. The van der Waals surface area contributed by atoms with Crippen molar-refractivity contribution >= 4 is 17.3 Å². The van der Waals surface area contributed by atoms with Gasteiger partial charge < -0.3 is 10.2 Å². The molecule has 9 nitrogen and oxygen atoms in total. The summed E-state index contributed by atoms with van der Waals surface area (Å²) in [6, 6.07) is 9.24. The minimum atomic E-state index is -4.55. The lowest BCUT2D eigenvalue weighted by atomic mass is 10.1. The Kier molecular flexibility index (Phi) is 7.72. The highest BCUT2D eigenvalue weighted by Gasteiger charge is 2.34. The maximum absolute atomic E-state index is 13.9. The van der Waals surface area contributed by atoms with Crippen LogP contribution in [0, 0.1) is 13.8 Å². The fourth-order valence-electron chi connectivity index (χ4n) is 6.04. The minimum absolute atomic E-state index is 0.105. The number of piperidine rings is 1. The molecule has 4 heterocycles. The van der Waals surface area contributed by atoms with Crippen LogP contribution in [0.1, 0.15) is 52.9 Å². The van der Waals surface area contributed by atoms with Crippen LogP contribution in [0.15, 0.2) is 48.8 Å². The maximum atomic E-state index is 13.9. The number of likely N-dealkylation sites (tertiary alicyclic amines) is 1. The highest BCUT2D eigenvalue weighted by molar-refractivity contribution is 6.05. The van der Waals surface area contributed by atoms with Crippen molar-refractivity contribution in [3.63, 3.8) is 0 Å². The molecule has 2 aliphatic heterocycles. The molecule has 2 saturated heterocycles. The van der Waals surface area contributed by atoms with E-state index in [2.05, 4.69) is 25.6 Å². The van der Waals surface area contributed by atoms with Gasteiger partial charge in [-0.25, -0.2) is 4.68 Å². The number of carbonyl (C=O) groups is 1. The molecular formula is C31H35F3N8O. The number of halogens is 3. The number of nitrogens with one attached hydrogen (secondary N) is 1. The molecule has 2 fully saturated rings. The number of hydrogen-bond donors (Lipinski definition) is 1. The van der Waals surface area contributed by atoms with Gasteiger partial charge in [-0.3, -0.25) is 14.4 Å². The van der Waals surface area contributed by atoms with Gasteiger partial charge in [0.05, 0.1) is 23.6 Å². The van der Waals surface area contributed by atoms with Gasteiger partial charge in [0.15, 0.2) is 0 Å². The average molecular weight is 593 g/mol. The Morgan fingerprint density at radius 2 is 1.81 bits per heavy atom. The summed E-state index contributed by atoms with van der Waals surface area (Å²) < 4.78 is 45.2. The van der Waals surface area contributed by atoms with E-state index in [0.29, 0.717) is 41.8 Å². The van der Waals surface area contributed by atoms with Crippen LogP contribution in [0.4, 0.5) is 24.5 Å². The van der Waals surface area contributed by atoms with Crippen LogP contribution in [0.3, 0.4) is 0 Å². The molecule has 1 unspecified atom stereocenters. The standard InChI is InChI=1S/C31H35F3N8O/c1-20-7-8-22(13-29(20)42-19-28(37-38-42)27-17-35-39(3)21(27)2)30(43)36-24-14-23(31(32,33)34)15-26(16-24)41-12-9-25(18-41)40-10-5-4-6-11-40/h7-8,13-17,19,25H,4-6,9-12,18H2,1-3H3,(H,36,43). The first kappa shape index (κ1) is 28.9. The van der Waals surface area contributed by atoms with Crippen LogP contribution in [0.2, 0.25) is 0 Å². The van der Waals surface area contributed by atoms with Crippen molar-refractivity contribution in [3.05, 3.63) is 71.2 Å². The summed E-state index contributed by atoms with van der Waals surface area (Å²) in [7, 11) is 1.85. The Morgan fingerprint density at radius 3 is 2.53 bits per heavy atom. The third-order valence-corrected chi connectivity index (χ3v) is 8.66. The van der Waals surface area contributed by atoms with Gasteiger partial charge in [-0.1, -0.05) is 17.7 Å². The van der Waals surface area contributed by atoms with Crippen LogP contribution in [0.5, 0.6) is 0 Å². The normalized spacial score (nSPS) is 17.9. The van der Waals surface area contributed by atoms with E-state index in [0.717, 1.165) is 42.4 Å². The third kappa shape index (κ3) is 6.01. The van der Waals surface area contributed by atoms with E-state index < -0.39 is 17.6 Å². The monoisotopic (exact) mass is 592 g/mol. The second-order valence-electron chi connectivity index (χ2n) is 11.5. The van der Waals surface area contributed by atoms with Crippen LogP contribution in [0.25, 0.3) is 16.9 Å². The zero-order valence-electron chi connectivity index (χ0n) is 24.5. The molecule has 2 aromatic heterocycles. The van der Waals surface area contributed by atoms with Crippen LogP contribution in [-0.2, 0) is 13.2 Å². The second kappa shape index (κ2) is 11.5. The number of nitrogens with zero attached hydrogens (tertiary/aromatic N) is 7. The van der Waals surface area contributed by atoms with E-state index in [1.165, 1.54) is 25.3 Å². The fraction of sp³-hybridized carbons (Fsp3) is 0.419. The number of alkyl halides is 3. The van der Waals surface area contributed by atoms with E-state index in [9.17, 15) is 18.0 Å². The number of carbonyl (C=O) groups excluding carboxylic acids is 1. The van der Waals surface area contributed by atoms with E-state index >= 15 is 0 Å². The number of amides is 1. The minimum Gasteiger partial charge on any atom is -0.370 e.